The van der Waals surface area contributed by atoms with Crippen molar-refractivity contribution in [3.8, 4) is 5.88 Å². The van der Waals surface area contributed by atoms with E-state index in [-0.39, 0.29) is 0 Å². The van der Waals surface area contributed by atoms with Gasteiger partial charge in [0.1, 0.15) is 11.6 Å². The molecule has 0 spiro atoms. The van der Waals surface area contributed by atoms with Crippen molar-refractivity contribution in [2.45, 2.75) is 38.5 Å². The van der Waals surface area contributed by atoms with Crippen LogP contribution in [0.4, 0.5) is 5.82 Å². The fraction of sp³-hybridized carbons (Fsp3) is 0.667. The number of ether oxygens (including phenoxy) is 1. The third-order valence-corrected chi connectivity index (χ3v) is 3.35. The molecule has 2 aliphatic rings. The summed E-state index contributed by atoms with van der Waals surface area (Å²) in [5.41, 5.74) is 3.53. The number of nitrogen functional groups attached to an aromatic ring is 1. The van der Waals surface area contributed by atoms with E-state index in [9.17, 15) is 0 Å². The summed E-state index contributed by atoms with van der Waals surface area (Å²) in [6.07, 6.45) is 4.91. The van der Waals surface area contributed by atoms with E-state index >= 15 is 0 Å². The van der Waals surface area contributed by atoms with Gasteiger partial charge in [-0.05, 0) is 38.5 Å². The van der Waals surface area contributed by atoms with E-state index in [1.54, 1.807) is 0 Å². The monoisotopic (exact) mass is 234 g/mol. The van der Waals surface area contributed by atoms with E-state index in [0.29, 0.717) is 17.6 Å². The number of nitrogens with one attached hydrogen (secondary N) is 1. The minimum atomic E-state index is 0.506. The third-order valence-electron chi connectivity index (χ3n) is 3.35. The Hall–Kier alpha value is -1.36. The molecule has 0 saturated heterocycles. The predicted molar refractivity (Wildman–Crippen MR) is 64.8 cm³/mol. The fourth-order valence-electron chi connectivity index (χ4n) is 1.80. The average Bonchev–Trinajstić information content (AvgIpc) is 3.18. The lowest BCUT2D eigenvalue weighted by Crippen LogP contribution is -2.14. The molecule has 3 N–H and O–H groups in total. The van der Waals surface area contributed by atoms with Crippen molar-refractivity contribution in [3.05, 3.63) is 11.4 Å². The Labute approximate surface area is 101 Å². The lowest BCUT2D eigenvalue weighted by Gasteiger charge is -2.12. The largest absolute Gasteiger partial charge is 0.477 e. The molecule has 2 aliphatic carbocycles. The molecule has 5 nitrogen and oxygen atoms in total. The fourth-order valence-corrected chi connectivity index (χ4v) is 1.80. The van der Waals surface area contributed by atoms with E-state index in [2.05, 4.69) is 15.4 Å². The molecule has 0 atom stereocenters. The van der Waals surface area contributed by atoms with Crippen molar-refractivity contribution in [3.63, 3.8) is 0 Å². The summed E-state index contributed by atoms with van der Waals surface area (Å²) in [7, 11) is 0. The number of anilines is 1. The Morgan fingerprint density at radius 1 is 1.29 bits per heavy atom. The smallest absolute Gasteiger partial charge is 0.221 e. The van der Waals surface area contributed by atoms with Crippen LogP contribution in [0.2, 0.25) is 0 Å². The quantitative estimate of drug-likeness (QED) is 0.599. The highest BCUT2D eigenvalue weighted by Gasteiger charge is 2.29. The van der Waals surface area contributed by atoms with Crippen LogP contribution < -0.4 is 16.0 Å². The molecule has 92 valence electrons. The van der Waals surface area contributed by atoms with Crippen LogP contribution in [-0.2, 0) is 0 Å². The maximum Gasteiger partial charge on any atom is 0.221 e. The van der Waals surface area contributed by atoms with Gasteiger partial charge in [-0.25, -0.2) is 10.8 Å². The summed E-state index contributed by atoms with van der Waals surface area (Å²) in [6, 6.07) is 0. The Morgan fingerprint density at radius 3 is 2.65 bits per heavy atom. The first-order valence-electron chi connectivity index (χ1n) is 6.26. The van der Waals surface area contributed by atoms with Crippen LogP contribution in [0.25, 0.3) is 0 Å². The van der Waals surface area contributed by atoms with Crippen LogP contribution in [0.15, 0.2) is 0 Å². The van der Waals surface area contributed by atoms with Gasteiger partial charge in [0.25, 0.3) is 0 Å². The Morgan fingerprint density at radius 2 is 2.06 bits per heavy atom. The summed E-state index contributed by atoms with van der Waals surface area (Å²) in [5.74, 6) is 8.97. The summed E-state index contributed by atoms with van der Waals surface area (Å²) in [5, 5.41) is 0. The van der Waals surface area contributed by atoms with Gasteiger partial charge in [0.2, 0.25) is 5.88 Å². The second-order valence-corrected chi connectivity index (χ2v) is 5.03. The van der Waals surface area contributed by atoms with Crippen molar-refractivity contribution >= 4 is 5.82 Å². The number of hydrogen-bond acceptors (Lipinski definition) is 5. The summed E-state index contributed by atoms with van der Waals surface area (Å²) >= 11 is 0. The minimum Gasteiger partial charge on any atom is -0.477 e. The molecule has 1 heterocycles. The van der Waals surface area contributed by atoms with Crippen LogP contribution in [0.1, 0.15) is 43.0 Å². The number of hydrogen-bond donors (Lipinski definition) is 2. The van der Waals surface area contributed by atoms with Gasteiger partial charge in [-0.1, -0.05) is 0 Å². The molecule has 2 fully saturated rings. The Balaban J connectivity index is 1.84. The zero-order valence-electron chi connectivity index (χ0n) is 10.1. The zero-order valence-corrected chi connectivity index (χ0v) is 10.1. The molecule has 1 aromatic rings. The van der Waals surface area contributed by atoms with Gasteiger partial charge in [0.05, 0.1) is 12.2 Å². The van der Waals surface area contributed by atoms with Crippen molar-refractivity contribution in [2.24, 2.45) is 11.8 Å². The van der Waals surface area contributed by atoms with E-state index in [0.717, 1.165) is 23.9 Å². The molecular weight excluding hydrogens is 216 g/mol. The summed E-state index contributed by atoms with van der Waals surface area (Å²) < 4.78 is 5.78. The SMILES string of the molecule is Cc1c(NN)nc(C2CC2)nc1OCC1CC1. The first kappa shape index (κ1) is 10.8. The Kier molecular flexibility index (Phi) is 2.63. The summed E-state index contributed by atoms with van der Waals surface area (Å²) in [6.45, 7) is 2.71. The van der Waals surface area contributed by atoms with E-state index < -0.39 is 0 Å². The van der Waals surface area contributed by atoms with Crippen LogP contribution in [0.5, 0.6) is 5.88 Å². The molecule has 0 aliphatic heterocycles. The van der Waals surface area contributed by atoms with E-state index in [1.807, 2.05) is 6.92 Å². The van der Waals surface area contributed by atoms with Gasteiger partial charge in [0.15, 0.2) is 0 Å². The van der Waals surface area contributed by atoms with Crippen LogP contribution in [0, 0.1) is 12.8 Å². The molecule has 0 aromatic carbocycles. The lowest BCUT2D eigenvalue weighted by molar-refractivity contribution is 0.285. The van der Waals surface area contributed by atoms with Crippen molar-refractivity contribution in [1.29, 1.82) is 0 Å². The van der Waals surface area contributed by atoms with Crippen LogP contribution in [-0.4, -0.2) is 16.6 Å². The third kappa shape index (κ3) is 2.34. The van der Waals surface area contributed by atoms with Gasteiger partial charge < -0.3 is 10.2 Å². The maximum absolute atomic E-state index is 5.78. The first-order chi connectivity index (χ1) is 8.28. The normalized spacial score (nSPS) is 19.2. The van der Waals surface area contributed by atoms with Gasteiger partial charge in [-0.15, -0.1) is 0 Å². The molecule has 17 heavy (non-hydrogen) atoms. The molecule has 0 bridgehead atoms. The minimum absolute atomic E-state index is 0.506. The molecular formula is C12H18N4O. The van der Waals surface area contributed by atoms with Crippen molar-refractivity contribution in [1.82, 2.24) is 9.97 Å². The van der Waals surface area contributed by atoms with Gasteiger partial charge in [-0.3, -0.25) is 0 Å². The number of rotatable bonds is 5. The number of aromatic nitrogens is 2. The standard InChI is InChI=1S/C12H18N4O/c1-7-10(16-13)14-11(9-4-5-9)15-12(7)17-6-8-2-3-8/h8-9H,2-6,13H2,1H3,(H,14,15,16). The second-order valence-electron chi connectivity index (χ2n) is 5.03. The maximum atomic E-state index is 5.78. The number of nitrogens with two attached hydrogens (primary N) is 1. The van der Waals surface area contributed by atoms with Gasteiger partial charge >= 0.3 is 0 Å². The molecule has 0 amide bonds. The molecule has 2 saturated carbocycles. The highest BCUT2D eigenvalue weighted by Crippen LogP contribution is 2.40. The zero-order chi connectivity index (χ0) is 11.8. The predicted octanol–water partition coefficient (Wildman–Crippen LogP) is 1.74. The lowest BCUT2D eigenvalue weighted by atomic mass is 10.3. The summed E-state index contributed by atoms with van der Waals surface area (Å²) in [4.78, 5) is 8.94. The molecule has 0 radical (unpaired) electrons. The Bertz CT molecular complexity index is 427. The van der Waals surface area contributed by atoms with Crippen LogP contribution >= 0.6 is 0 Å². The number of hydrazine groups is 1. The average molecular weight is 234 g/mol. The number of nitrogens with zero attached hydrogens (tertiary/aromatic N) is 2. The van der Waals surface area contributed by atoms with Crippen molar-refractivity contribution in [2.75, 3.05) is 12.0 Å². The molecule has 3 rings (SSSR count). The van der Waals surface area contributed by atoms with E-state index in [4.69, 9.17) is 10.6 Å². The van der Waals surface area contributed by atoms with Gasteiger partial charge in [-0.2, -0.15) is 4.98 Å². The van der Waals surface area contributed by atoms with Gasteiger partial charge in [0, 0.05) is 5.92 Å². The molecule has 0 unspecified atom stereocenters. The topological polar surface area (TPSA) is 73.1 Å². The second kappa shape index (κ2) is 4.14. The molecule has 5 heteroatoms. The first-order valence-corrected chi connectivity index (χ1v) is 6.26. The van der Waals surface area contributed by atoms with E-state index in [1.165, 1.54) is 25.7 Å². The highest BCUT2D eigenvalue weighted by atomic mass is 16.5. The highest BCUT2D eigenvalue weighted by molar-refractivity contribution is 5.48. The molecule has 1 aromatic heterocycles. The van der Waals surface area contributed by atoms with Crippen LogP contribution in [0.3, 0.4) is 0 Å². The van der Waals surface area contributed by atoms with Crippen molar-refractivity contribution < 1.29 is 4.74 Å².